The molecular formula is C10H9ClO3. The van der Waals surface area contributed by atoms with Crippen molar-refractivity contribution in [2.24, 2.45) is 0 Å². The lowest BCUT2D eigenvalue weighted by atomic mass is 10.1. The van der Waals surface area contributed by atoms with Crippen LogP contribution in [0.4, 0.5) is 0 Å². The molecule has 0 aliphatic heterocycles. The summed E-state index contributed by atoms with van der Waals surface area (Å²) in [6, 6.07) is 4.15. The predicted octanol–water partition coefficient (Wildman–Crippen LogP) is 2.21. The molecule has 0 unspecified atom stereocenters. The Bertz CT molecular complexity index is 385. The summed E-state index contributed by atoms with van der Waals surface area (Å²) in [5.74, 6) is -0.812. The summed E-state index contributed by atoms with van der Waals surface area (Å²) in [7, 11) is 0. The van der Waals surface area contributed by atoms with Crippen LogP contribution in [0, 0.1) is 0 Å². The number of phenolic OH excluding ortho intramolecular Hbond substituents is 1. The van der Waals surface area contributed by atoms with E-state index in [-0.39, 0.29) is 23.5 Å². The molecule has 0 aliphatic rings. The molecule has 4 heteroatoms. The van der Waals surface area contributed by atoms with Crippen LogP contribution >= 0.6 is 11.6 Å². The van der Waals surface area contributed by atoms with Gasteiger partial charge in [0.15, 0.2) is 5.78 Å². The molecule has 0 bridgehead atoms. The first kappa shape index (κ1) is 10.7. The van der Waals surface area contributed by atoms with Gasteiger partial charge in [0.2, 0.25) is 0 Å². The van der Waals surface area contributed by atoms with E-state index < -0.39 is 5.78 Å². The molecular weight excluding hydrogens is 204 g/mol. The number of carbonyl (C=O) groups is 2. The van der Waals surface area contributed by atoms with Crippen molar-refractivity contribution in [3.63, 3.8) is 0 Å². The molecule has 1 aromatic carbocycles. The van der Waals surface area contributed by atoms with E-state index in [2.05, 4.69) is 0 Å². The number of carbonyl (C=O) groups excluding carboxylic acids is 2. The average molecular weight is 213 g/mol. The maximum absolute atomic E-state index is 11.4. The zero-order valence-electron chi connectivity index (χ0n) is 7.58. The first-order chi connectivity index (χ1) is 6.50. The molecule has 1 aromatic rings. The highest BCUT2D eigenvalue weighted by atomic mass is 35.5. The van der Waals surface area contributed by atoms with Crippen LogP contribution in [0.5, 0.6) is 5.75 Å². The van der Waals surface area contributed by atoms with E-state index in [4.69, 9.17) is 11.6 Å². The van der Waals surface area contributed by atoms with E-state index in [1.54, 1.807) is 0 Å². The van der Waals surface area contributed by atoms with Gasteiger partial charge >= 0.3 is 0 Å². The molecule has 0 radical (unpaired) electrons. The standard InChI is InChI=1S/C10H9ClO3/c1-6(12)4-10(14)8-5-7(11)2-3-9(8)13/h2-3,5,13H,4H2,1H3. The summed E-state index contributed by atoms with van der Waals surface area (Å²) >= 11 is 5.65. The SMILES string of the molecule is CC(=O)CC(=O)c1cc(Cl)ccc1O. The monoisotopic (exact) mass is 212 g/mol. The highest BCUT2D eigenvalue weighted by Gasteiger charge is 2.13. The van der Waals surface area contributed by atoms with E-state index in [9.17, 15) is 14.7 Å². The van der Waals surface area contributed by atoms with Crippen molar-refractivity contribution in [1.82, 2.24) is 0 Å². The average Bonchev–Trinajstić information content (AvgIpc) is 2.08. The van der Waals surface area contributed by atoms with Crippen molar-refractivity contribution >= 4 is 23.2 Å². The molecule has 0 spiro atoms. The highest BCUT2D eigenvalue weighted by Crippen LogP contribution is 2.22. The minimum Gasteiger partial charge on any atom is -0.507 e. The lowest BCUT2D eigenvalue weighted by Crippen LogP contribution is -2.05. The van der Waals surface area contributed by atoms with Crippen molar-refractivity contribution in [2.75, 3.05) is 0 Å². The van der Waals surface area contributed by atoms with Crippen LogP contribution in [0.15, 0.2) is 18.2 Å². The maximum atomic E-state index is 11.4. The molecule has 1 N–H and O–H groups in total. The third kappa shape index (κ3) is 2.57. The summed E-state index contributed by atoms with van der Waals surface area (Å²) in [5.41, 5.74) is 0.0905. The second-order valence-corrected chi connectivity index (χ2v) is 3.40. The van der Waals surface area contributed by atoms with Gasteiger partial charge in [0.05, 0.1) is 12.0 Å². The van der Waals surface area contributed by atoms with Crippen molar-refractivity contribution in [2.45, 2.75) is 13.3 Å². The van der Waals surface area contributed by atoms with E-state index >= 15 is 0 Å². The van der Waals surface area contributed by atoms with E-state index in [1.165, 1.54) is 25.1 Å². The summed E-state index contributed by atoms with van der Waals surface area (Å²) in [4.78, 5) is 22.1. The van der Waals surface area contributed by atoms with Gasteiger partial charge in [0, 0.05) is 5.02 Å². The molecule has 3 nitrogen and oxygen atoms in total. The molecule has 14 heavy (non-hydrogen) atoms. The minimum absolute atomic E-state index is 0.0905. The molecule has 0 atom stereocenters. The van der Waals surface area contributed by atoms with E-state index in [0.717, 1.165) is 0 Å². The van der Waals surface area contributed by atoms with Crippen LogP contribution in [-0.4, -0.2) is 16.7 Å². The number of aromatic hydroxyl groups is 1. The number of benzene rings is 1. The van der Waals surface area contributed by atoms with E-state index in [1.807, 2.05) is 0 Å². The fraction of sp³-hybridized carbons (Fsp3) is 0.200. The molecule has 0 fully saturated rings. The highest BCUT2D eigenvalue weighted by molar-refractivity contribution is 6.31. The van der Waals surface area contributed by atoms with Gasteiger partial charge in [0.1, 0.15) is 11.5 Å². The molecule has 1 rings (SSSR count). The Balaban J connectivity index is 3.00. The quantitative estimate of drug-likeness (QED) is 0.617. The van der Waals surface area contributed by atoms with E-state index in [0.29, 0.717) is 5.02 Å². The van der Waals surface area contributed by atoms with Crippen LogP contribution in [-0.2, 0) is 4.79 Å². The smallest absolute Gasteiger partial charge is 0.173 e. The summed E-state index contributed by atoms with van der Waals surface area (Å²) < 4.78 is 0. The number of hydrogen-bond acceptors (Lipinski definition) is 3. The van der Waals surface area contributed by atoms with Gasteiger partial charge < -0.3 is 5.11 Å². The first-order valence-electron chi connectivity index (χ1n) is 4.02. The number of phenols is 1. The molecule has 0 aromatic heterocycles. The van der Waals surface area contributed by atoms with Gasteiger partial charge in [-0.05, 0) is 25.1 Å². The number of halogens is 1. The largest absolute Gasteiger partial charge is 0.507 e. The van der Waals surface area contributed by atoms with Gasteiger partial charge in [-0.1, -0.05) is 11.6 Å². The second kappa shape index (κ2) is 4.24. The lowest BCUT2D eigenvalue weighted by Gasteiger charge is -2.02. The Morgan fingerprint density at radius 3 is 2.64 bits per heavy atom. The van der Waals surface area contributed by atoms with Crippen LogP contribution < -0.4 is 0 Å². The normalized spacial score (nSPS) is 9.86. The minimum atomic E-state index is -0.419. The predicted molar refractivity (Wildman–Crippen MR) is 52.7 cm³/mol. The molecule has 74 valence electrons. The van der Waals surface area contributed by atoms with Crippen LogP contribution in [0.1, 0.15) is 23.7 Å². The molecule has 0 saturated carbocycles. The van der Waals surface area contributed by atoms with Gasteiger partial charge in [0.25, 0.3) is 0 Å². The Morgan fingerprint density at radius 1 is 1.43 bits per heavy atom. The Kier molecular flexibility index (Phi) is 3.25. The first-order valence-corrected chi connectivity index (χ1v) is 4.39. The Hall–Kier alpha value is -1.35. The van der Waals surface area contributed by atoms with Crippen LogP contribution in [0.25, 0.3) is 0 Å². The van der Waals surface area contributed by atoms with Gasteiger partial charge in [-0.2, -0.15) is 0 Å². The lowest BCUT2D eigenvalue weighted by molar-refractivity contribution is -0.116. The summed E-state index contributed by atoms with van der Waals surface area (Å²) in [5, 5.41) is 9.68. The molecule has 0 amide bonds. The molecule has 0 saturated heterocycles. The van der Waals surface area contributed by atoms with Gasteiger partial charge in [-0.25, -0.2) is 0 Å². The van der Waals surface area contributed by atoms with Gasteiger partial charge in [-0.3, -0.25) is 9.59 Å². The van der Waals surface area contributed by atoms with Crippen LogP contribution in [0.3, 0.4) is 0 Å². The molecule has 0 heterocycles. The second-order valence-electron chi connectivity index (χ2n) is 2.96. The Labute approximate surface area is 86.3 Å². The number of Topliss-reactive ketones (excluding diaryl/α,β-unsaturated/α-hetero) is 2. The summed E-state index contributed by atoms with van der Waals surface area (Å²) in [6.07, 6.45) is -0.214. The fourth-order valence-electron chi connectivity index (χ4n) is 1.05. The number of rotatable bonds is 3. The number of hydrogen-bond donors (Lipinski definition) is 1. The Morgan fingerprint density at radius 2 is 2.07 bits per heavy atom. The molecule has 0 aliphatic carbocycles. The van der Waals surface area contributed by atoms with Crippen molar-refractivity contribution in [3.05, 3.63) is 28.8 Å². The topological polar surface area (TPSA) is 54.4 Å². The zero-order chi connectivity index (χ0) is 10.7. The third-order valence-corrected chi connectivity index (χ3v) is 1.90. The number of ketones is 2. The third-order valence-electron chi connectivity index (χ3n) is 1.67. The maximum Gasteiger partial charge on any atom is 0.173 e. The summed E-state index contributed by atoms with van der Waals surface area (Å²) in [6.45, 7) is 1.32. The van der Waals surface area contributed by atoms with Crippen molar-refractivity contribution in [1.29, 1.82) is 0 Å². The van der Waals surface area contributed by atoms with Gasteiger partial charge in [-0.15, -0.1) is 0 Å². The van der Waals surface area contributed by atoms with Crippen LogP contribution in [0.2, 0.25) is 5.02 Å². The fourth-order valence-corrected chi connectivity index (χ4v) is 1.23. The zero-order valence-corrected chi connectivity index (χ0v) is 8.34. The van der Waals surface area contributed by atoms with Crippen molar-refractivity contribution < 1.29 is 14.7 Å². The van der Waals surface area contributed by atoms with Crippen molar-refractivity contribution in [3.8, 4) is 5.75 Å².